The third kappa shape index (κ3) is 73.6. The van der Waals surface area contributed by atoms with Crippen molar-refractivity contribution in [3.63, 3.8) is 0 Å². The summed E-state index contributed by atoms with van der Waals surface area (Å²) >= 11 is 0. The molecule has 6 nitrogen and oxygen atoms in total. The monoisotopic (exact) mass is 1240 g/mol. The van der Waals surface area contributed by atoms with Crippen molar-refractivity contribution in [2.75, 3.05) is 13.2 Å². The van der Waals surface area contributed by atoms with Crippen LogP contribution >= 0.6 is 0 Å². The van der Waals surface area contributed by atoms with Crippen molar-refractivity contribution < 1.29 is 24.5 Å². The van der Waals surface area contributed by atoms with Gasteiger partial charge in [0.05, 0.1) is 25.4 Å². The predicted octanol–water partition coefficient (Wildman–Crippen LogP) is 27.1. The molecule has 0 aliphatic rings. The average Bonchev–Trinajstić information content (AvgIpc) is 3.58. The van der Waals surface area contributed by atoms with Crippen molar-refractivity contribution in [3.8, 4) is 0 Å². The maximum Gasteiger partial charge on any atom is 0.305 e. The van der Waals surface area contributed by atoms with E-state index in [2.05, 4.69) is 31.3 Å². The summed E-state index contributed by atoms with van der Waals surface area (Å²) in [5.74, 6) is -0.0101. The summed E-state index contributed by atoms with van der Waals surface area (Å²) in [5, 5.41) is 23.5. The highest BCUT2D eigenvalue weighted by molar-refractivity contribution is 5.76. The lowest BCUT2D eigenvalue weighted by Gasteiger charge is -2.22. The Balaban J connectivity index is 3.33. The number of rotatable bonds is 78. The molecule has 0 radical (unpaired) electrons. The number of unbranched alkanes of at least 4 members (excludes halogenated alkanes) is 65. The maximum absolute atomic E-state index is 12.6. The van der Waals surface area contributed by atoms with Gasteiger partial charge in [-0.3, -0.25) is 9.59 Å². The van der Waals surface area contributed by atoms with E-state index in [1.807, 2.05) is 0 Å². The Labute approximate surface area is 552 Å². The second-order valence-corrected chi connectivity index (χ2v) is 28.5. The van der Waals surface area contributed by atoms with Crippen molar-refractivity contribution >= 4 is 11.9 Å². The second kappa shape index (κ2) is 78.0. The van der Waals surface area contributed by atoms with Crippen LogP contribution in [0.2, 0.25) is 0 Å². The third-order valence-electron chi connectivity index (χ3n) is 19.6. The van der Waals surface area contributed by atoms with Crippen molar-refractivity contribution in [2.24, 2.45) is 0 Å². The summed E-state index contributed by atoms with van der Waals surface area (Å²) in [5.41, 5.74) is 0. The van der Waals surface area contributed by atoms with Crippen LogP contribution in [0.1, 0.15) is 476 Å². The first-order valence-corrected chi connectivity index (χ1v) is 40.9. The Morgan fingerprint density at radius 3 is 0.807 bits per heavy atom. The molecule has 3 N–H and O–H groups in total. The van der Waals surface area contributed by atoms with Gasteiger partial charge in [-0.1, -0.05) is 424 Å². The van der Waals surface area contributed by atoms with E-state index in [1.165, 1.54) is 398 Å². The molecule has 0 saturated carbocycles. The molecule has 0 aliphatic heterocycles. The number of amides is 1. The number of nitrogens with one attached hydrogen (secondary N) is 1. The van der Waals surface area contributed by atoms with Gasteiger partial charge in [0, 0.05) is 12.8 Å². The fourth-order valence-corrected chi connectivity index (χ4v) is 13.3. The lowest BCUT2D eigenvalue weighted by atomic mass is 10.0. The molecule has 6 heteroatoms. The Morgan fingerprint density at radius 2 is 0.534 bits per heavy atom. The van der Waals surface area contributed by atoms with Crippen LogP contribution in [0, 0.1) is 0 Å². The zero-order valence-electron chi connectivity index (χ0n) is 60.3. The van der Waals surface area contributed by atoms with Gasteiger partial charge in [0.1, 0.15) is 0 Å². The Bertz CT molecular complexity index is 1340. The summed E-state index contributed by atoms with van der Waals surface area (Å²) < 4.78 is 5.50. The first kappa shape index (κ1) is 86.6. The van der Waals surface area contributed by atoms with Crippen LogP contribution in [0.3, 0.4) is 0 Å². The average molecular weight is 1240 g/mol. The van der Waals surface area contributed by atoms with Crippen LogP contribution in [-0.2, 0) is 14.3 Å². The van der Waals surface area contributed by atoms with E-state index in [4.69, 9.17) is 4.74 Å². The van der Waals surface area contributed by atoms with Gasteiger partial charge in [-0.25, -0.2) is 0 Å². The standard InChI is InChI=1S/C82H161NO5/c1-3-5-7-9-11-13-15-17-19-20-21-22-23-31-34-37-40-43-47-50-54-58-62-66-70-74-80(85)79(78-84)83-81(86)75-71-67-63-59-55-51-48-44-41-38-35-32-29-27-25-24-26-28-30-33-36-39-42-45-49-53-57-61-65-69-73-77-88-82(87)76-72-68-64-60-56-52-46-18-16-14-12-10-8-6-4-2/h18,46,79-80,84-85H,3-17,19-45,47-78H2,1-2H3,(H,83,86)/b46-18-. The summed E-state index contributed by atoms with van der Waals surface area (Å²) in [6, 6.07) is -0.539. The molecule has 0 aromatic heterocycles. The highest BCUT2D eigenvalue weighted by Gasteiger charge is 2.20. The minimum Gasteiger partial charge on any atom is -0.466 e. The van der Waals surface area contributed by atoms with Crippen molar-refractivity contribution in [1.29, 1.82) is 0 Å². The number of esters is 1. The van der Waals surface area contributed by atoms with E-state index >= 15 is 0 Å². The number of aliphatic hydroxyl groups is 2. The number of carbonyl (C=O) groups is 2. The highest BCUT2D eigenvalue weighted by Crippen LogP contribution is 2.21. The van der Waals surface area contributed by atoms with Crippen LogP contribution in [0.4, 0.5) is 0 Å². The number of carbonyl (C=O) groups excluding carboxylic acids is 2. The first-order chi connectivity index (χ1) is 43.5. The van der Waals surface area contributed by atoms with Gasteiger partial charge in [0.25, 0.3) is 0 Å². The van der Waals surface area contributed by atoms with Crippen LogP contribution < -0.4 is 5.32 Å². The van der Waals surface area contributed by atoms with Crippen LogP contribution in [-0.4, -0.2) is 47.4 Å². The molecule has 2 atom stereocenters. The molecule has 1 amide bonds. The molecule has 0 bridgehead atoms. The molecule has 0 fully saturated rings. The third-order valence-corrected chi connectivity index (χ3v) is 19.6. The highest BCUT2D eigenvalue weighted by atomic mass is 16.5. The topological polar surface area (TPSA) is 95.9 Å². The predicted molar refractivity (Wildman–Crippen MR) is 389 cm³/mol. The summed E-state index contributed by atoms with van der Waals surface area (Å²) in [7, 11) is 0. The molecule has 0 heterocycles. The lowest BCUT2D eigenvalue weighted by Crippen LogP contribution is -2.45. The number of ether oxygens (including phenoxy) is 1. The molecule has 0 rings (SSSR count). The van der Waals surface area contributed by atoms with Gasteiger partial charge in [-0.2, -0.15) is 0 Å². The Kier molecular flexibility index (Phi) is 76.8. The molecular formula is C82H161NO5. The first-order valence-electron chi connectivity index (χ1n) is 40.9. The van der Waals surface area contributed by atoms with Gasteiger partial charge in [0.2, 0.25) is 5.91 Å². The lowest BCUT2D eigenvalue weighted by molar-refractivity contribution is -0.143. The molecular weight excluding hydrogens is 1080 g/mol. The summed E-state index contributed by atoms with van der Waals surface area (Å²) in [4.78, 5) is 24.7. The molecule has 0 aromatic carbocycles. The van der Waals surface area contributed by atoms with Gasteiger partial charge in [-0.15, -0.1) is 0 Å². The maximum atomic E-state index is 12.6. The van der Waals surface area contributed by atoms with Gasteiger partial charge < -0.3 is 20.3 Å². The van der Waals surface area contributed by atoms with E-state index in [1.54, 1.807) is 0 Å². The van der Waals surface area contributed by atoms with Gasteiger partial charge in [-0.05, 0) is 51.4 Å². The Morgan fingerprint density at radius 1 is 0.307 bits per heavy atom. The molecule has 88 heavy (non-hydrogen) atoms. The molecule has 524 valence electrons. The fourth-order valence-electron chi connectivity index (χ4n) is 13.3. The summed E-state index contributed by atoms with van der Waals surface area (Å²) in [6.45, 7) is 5.01. The summed E-state index contributed by atoms with van der Waals surface area (Å²) in [6.07, 6.45) is 98.9. The molecule has 0 saturated heterocycles. The van der Waals surface area contributed by atoms with E-state index in [-0.39, 0.29) is 18.5 Å². The molecule has 0 aromatic rings. The zero-order chi connectivity index (χ0) is 63.5. The van der Waals surface area contributed by atoms with Crippen LogP contribution in [0.5, 0.6) is 0 Å². The van der Waals surface area contributed by atoms with Crippen molar-refractivity contribution in [2.45, 2.75) is 488 Å². The number of hydrogen-bond donors (Lipinski definition) is 3. The van der Waals surface area contributed by atoms with Crippen molar-refractivity contribution in [3.05, 3.63) is 12.2 Å². The zero-order valence-corrected chi connectivity index (χ0v) is 60.3. The van der Waals surface area contributed by atoms with Gasteiger partial charge >= 0.3 is 5.97 Å². The normalized spacial score (nSPS) is 12.5. The van der Waals surface area contributed by atoms with Crippen LogP contribution in [0.15, 0.2) is 12.2 Å². The fraction of sp³-hybridized carbons (Fsp3) is 0.951. The number of aliphatic hydroxyl groups excluding tert-OH is 2. The second-order valence-electron chi connectivity index (χ2n) is 28.5. The number of hydrogen-bond acceptors (Lipinski definition) is 5. The van der Waals surface area contributed by atoms with Gasteiger partial charge in [0.15, 0.2) is 0 Å². The Hall–Kier alpha value is -1.40. The van der Waals surface area contributed by atoms with Crippen molar-refractivity contribution in [1.82, 2.24) is 5.32 Å². The quantitative estimate of drug-likeness (QED) is 0.0320. The number of allylic oxidation sites excluding steroid dienone is 2. The van der Waals surface area contributed by atoms with E-state index in [0.717, 1.165) is 44.9 Å². The van der Waals surface area contributed by atoms with E-state index in [0.29, 0.717) is 25.9 Å². The smallest absolute Gasteiger partial charge is 0.305 e. The molecule has 0 spiro atoms. The minimum absolute atomic E-state index is 0.0141. The molecule has 0 aliphatic carbocycles. The van der Waals surface area contributed by atoms with E-state index < -0.39 is 12.1 Å². The van der Waals surface area contributed by atoms with Crippen LogP contribution in [0.25, 0.3) is 0 Å². The largest absolute Gasteiger partial charge is 0.466 e. The molecule has 2 unspecified atom stereocenters. The minimum atomic E-state index is -0.663. The SMILES string of the molecule is CCCCCCCC/C=C\CCCCCCCC(=O)OCCCCCCCCCCCCCCCCCCCCCCCCCCCCCCCCCC(=O)NC(CO)C(O)CCCCCCCCCCCCCCCCCCCCCCCCCCC. The van der Waals surface area contributed by atoms with E-state index in [9.17, 15) is 19.8 Å².